The molecule has 1 saturated heterocycles. The third-order valence-corrected chi connectivity index (χ3v) is 5.70. The van der Waals surface area contributed by atoms with E-state index in [0.29, 0.717) is 0 Å². The van der Waals surface area contributed by atoms with Crippen molar-refractivity contribution in [1.82, 2.24) is 4.90 Å². The fourth-order valence-corrected chi connectivity index (χ4v) is 3.85. The zero-order valence-electron chi connectivity index (χ0n) is 13.3. The van der Waals surface area contributed by atoms with Crippen LogP contribution >= 0.6 is 11.8 Å². The molecule has 1 aliphatic rings. The molecule has 2 heterocycles. The van der Waals surface area contributed by atoms with Crippen LogP contribution in [0.5, 0.6) is 0 Å². The van der Waals surface area contributed by atoms with Gasteiger partial charge in [-0.15, -0.1) is 0 Å². The van der Waals surface area contributed by atoms with E-state index in [0.717, 1.165) is 47.8 Å². The largest absolute Gasteiger partial charge is 0.423 e. The molecule has 0 N–H and O–H groups in total. The fraction of sp³-hybridized carbons (Fsp3) is 0.500. The Morgan fingerprint density at radius 3 is 2.73 bits per heavy atom. The maximum Gasteiger partial charge on any atom is 0.336 e. The standard InChI is InChI=1S/C18H23NO2S/c1-3-13-4-5-16-14(11-18(20)21-17(16)10-13)12-19-8-6-15(22-2)7-9-19/h4-5,10-11,15H,3,6-9,12H2,1-2H3. The van der Waals surface area contributed by atoms with E-state index in [1.165, 1.54) is 18.4 Å². The Balaban J connectivity index is 1.86. The Morgan fingerprint density at radius 1 is 1.27 bits per heavy atom. The van der Waals surface area contributed by atoms with Gasteiger partial charge in [-0.2, -0.15) is 11.8 Å². The van der Waals surface area contributed by atoms with Crippen molar-refractivity contribution >= 4 is 22.7 Å². The van der Waals surface area contributed by atoms with Crippen LogP contribution in [-0.2, 0) is 13.0 Å². The number of hydrogen-bond acceptors (Lipinski definition) is 4. The summed E-state index contributed by atoms with van der Waals surface area (Å²) in [4.78, 5) is 14.3. The van der Waals surface area contributed by atoms with Crippen molar-refractivity contribution in [2.45, 2.75) is 38.0 Å². The Kier molecular flexibility index (Phi) is 4.89. The van der Waals surface area contributed by atoms with Gasteiger partial charge in [-0.25, -0.2) is 4.79 Å². The molecule has 118 valence electrons. The van der Waals surface area contributed by atoms with Crippen LogP contribution < -0.4 is 5.63 Å². The van der Waals surface area contributed by atoms with E-state index in [2.05, 4.69) is 30.2 Å². The number of piperidine rings is 1. The van der Waals surface area contributed by atoms with Crippen LogP contribution in [0.15, 0.2) is 33.5 Å². The molecule has 4 heteroatoms. The van der Waals surface area contributed by atoms with Crippen LogP contribution in [0.1, 0.15) is 30.9 Å². The van der Waals surface area contributed by atoms with E-state index < -0.39 is 0 Å². The van der Waals surface area contributed by atoms with Crippen molar-refractivity contribution in [3.63, 3.8) is 0 Å². The van der Waals surface area contributed by atoms with Gasteiger partial charge in [0.05, 0.1) is 0 Å². The summed E-state index contributed by atoms with van der Waals surface area (Å²) < 4.78 is 5.39. The Hall–Kier alpha value is -1.26. The molecular weight excluding hydrogens is 294 g/mol. The first kappa shape index (κ1) is 15.6. The number of thioether (sulfide) groups is 1. The first-order valence-corrected chi connectivity index (χ1v) is 9.29. The minimum absolute atomic E-state index is 0.241. The summed E-state index contributed by atoms with van der Waals surface area (Å²) in [7, 11) is 0. The lowest BCUT2D eigenvalue weighted by Crippen LogP contribution is -2.34. The first-order valence-electron chi connectivity index (χ1n) is 8.00. The average molecular weight is 317 g/mol. The lowest BCUT2D eigenvalue weighted by atomic mass is 10.0. The smallest absolute Gasteiger partial charge is 0.336 e. The van der Waals surface area contributed by atoms with E-state index >= 15 is 0 Å². The third-order valence-electron chi connectivity index (χ3n) is 4.56. The molecule has 22 heavy (non-hydrogen) atoms. The zero-order valence-corrected chi connectivity index (χ0v) is 14.1. The zero-order chi connectivity index (χ0) is 15.5. The van der Waals surface area contributed by atoms with Gasteiger partial charge in [0.25, 0.3) is 0 Å². The van der Waals surface area contributed by atoms with Gasteiger partial charge in [-0.3, -0.25) is 4.90 Å². The molecule has 1 fully saturated rings. The second-order valence-electron chi connectivity index (χ2n) is 5.99. The van der Waals surface area contributed by atoms with Gasteiger partial charge >= 0.3 is 5.63 Å². The molecule has 0 bridgehead atoms. The minimum atomic E-state index is -0.241. The van der Waals surface area contributed by atoms with Gasteiger partial charge in [0.15, 0.2) is 0 Å². The molecule has 0 saturated carbocycles. The van der Waals surface area contributed by atoms with Crippen molar-refractivity contribution in [1.29, 1.82) is 0 Å². The van der Waals surface area contributed by atoms with Crippen LogP contribution in [0.4, 0.5) is 0 Å². The third kappa shape index (κ3) is 3.39. The van der Waals surface area contributed by atoms with Gasteiger partial charge in [-0.1, -0.05) is 19.1 Å². The van der Waals surface area contributed by atoms with Gasteiger partial charge in [0, 0.05) is 23.2 Å². The van der Waals surface area contributed by atoms with Crippen LogP contribution in [-0.4, -0.2) is 29.5 Å². The SMILES string of the molecule is CCc1ccc2c(CN3CCC(SC)CC3)cc(=O)oc2c1. The highest BCUT2D eigenvalue weighted by molar-refractivity contribution is 7.99. The van der Waals surface area contributed by atoms with E-state index in [4.69, 9.17) is 4.42 Å². The lowest BCUT2D eigenvalue weighted by molar-refractivity contribution is 0.225. The summed E-state index contributed by atoms with van der Waals surface area (Å²) in [6, 6.07) is 7.89. The van der Waals surface area contributed by atoms with Crippen LogP contribution in [0.2, 0.25) is 0 Å². The van der Waals surface area contributed by atoms with Crippen LogP contribution in [0.25, 0.3) is 11.0 Å². The van der Waals surface area contributed by atoms with Gasteiger partial charge in [0.1, 0.15) is 5.58 Å². The monoisotopic (exact) mass is 317 g/mol. The fourth-order valence-electron chi connectivity index (χ4n) is 3.17. The summed E-state index contributed by atoms with van der Waals surface area (Å²) in [5, 5.41) is 1.87. The summed E-state index contributed by atoms with van der Waals surface area (Å²) >= 11 is 1.97. The summed E-state index contributed by atoms with van der Waals surface area (Å²) in [5.74, 6) is 0. The second-order valence-corrected chi connectivity index (χ2v) is 7.12. The van der Waals surface area contributed by atoms with Crippen molar-refractivity contribution in [3.8, 4) is 0 Å². The molecule has 0 unspecified atom stereocenters. The number of likely N-dealkylation sites (tertiary alicyclic amines) is 1. The highest BCUT2D eigenvalue weighted by Gasteiger charge is 2.19. The topological polar surface area (TPSA) is 33.5 Å². The molecule has 1 aromatic heterocycles. The number of aryl methyl sites for hydroxylation is 1. The minimum Gasteiger partial charge on any atom is -0.423 e. The van der Waals surface area contributed by atoms with Gasteiger partial charge in [0.2, 0.25) is 0 Å². The quantitative estimate of drug-likeness (QED) is 0.806. The Labute approximate surface area is 135 Å². The normalized spacial score (nSPS) is 17.2. The summed E-state index contributed by atoms with van der Waals surface area (Å²) in [5.41, 5.74) is 2.78. The number of rotatable bonds is 4. The van der Waals surface area contributed by atoms with Crippen molar-refractivity contribution in [2.24, 2.45) is 0 Å². The molecule has 0 amide bonds. The second kappa shape index (κ2) is 6.88. The average Bonchev–Trinajstić information content (AvgIpc) is 2.54. The van der Waals surface area contributed by atoms with Gasteiger partial charge < -0.3 is 4.42 Å². The first-order chi connectivity index (χ1) is 10.7. The molecule has 1 aromatic carbocycles. The molecular formula is C18H23NO2S. The van der Waals surface area contributed by atoms with Crippen molar-refractivity contribution in [3.05, 3.63) is 45.8 Å². The molecule has 0 aliphatic carbocycles. The number of hydrogen-bond donors (Lipinski definition) is 0. The van der Waals surface area contributed by atoms with E-state index in [1.54, 1.807) is 6.07 Å². The van der Waals surface area contributed by atoms with E-state index in [-0.39, 0.29) is 5.63 Å². The van der Waals surface area contributed by atoms with Crippen molar-refractivity contribution in [2.75, 3.05) is 19.3 Å². The summed E-state index contributed by atoms with van der Waals surface area (Å²) in [6.45, 7) is 5.17. The molecule has 0 radical (unpaired) electrons. The van der Waals surface area contributed by atoms with E-state index in [1.807, 2.05) is 17.8 Å². The predicted molar refractivity (Wildman–Crippen MR) is 93.7 cm³/mol. The molecule has 0 spiro atoms. The number of fused-ring (bicyclic) bond motifs is 1. The number of benzene rings is 1. The van der Waals surface area contributed by atoms with Crippen molar-refractivity contribution < 1.29 is 4.42 Å². The lowest BCUT2D eigenvalue weighted by Gasteiger charge is -2.31. The highest BCUT2D eigenvalue weighted by atomic mass is 32.2. The Bertz CT molecular complexity index is 702. The molecule has 2 aromatic rings. The predicted octanol–water partition coefficient (Wildman–Crippen LogP) is 3.68. The maximum absolute atomic E-state index is 11.9. The highest BCUT2D eigenvalue weighted by Crippen LogP contribution is 2.24. The summed E-state index contributed by atoms with van der Waals surface area (Å²) in [6.07, 6.45) is 5.62. The van der Waals surface area contributed by atoms with E-state index in [9.17, 15) is 4.79 Å². The van der Waals surface area contributed by atoms with Crippen LogP contribution in [0, 0.1) is 0 Å². The molecule has 3 rings (SSSR count). The van der Waals surface area contributed by atoms with Crippen LogP contribution in [0.3, 0.4) is 0 Å². The number of nitrogens with zero attached hydrogens (tertiary/aromatic N) is 1. The molecule has 0 atom stereocenters. The maximum atomic E-state index is 11.9. The molecule has 3 nitrogen and oxygen atoms in total. The molecule has 1 aliphatic heterocycles. The Morgan fingerprint density at radius 2 is 2.05 bits per heavy atom. The van der Waals surface area contributed by atoms with Gasteiger partial charge in [-0.05, 0) is 55.8 Å².